The van der Waals surface area contributed by atoms with Crippen molar-refractivity contribution in [3.05, 3.63) is 59.4 Å². The van der Waals surface area contributed by atoms with Gasteiger partial charge in [0.1, 0.15) is 30.2 Å². The fraction of sp³-hybridized carbons (Fsp3) is 0.480. The molecule has 1 aliphatic heterocycles. The average molecular weight is 575 g/mol. The Kier molecular flexibility index (Phi) is 15.4. The Hall–Kier alpha value is -2.29. The van der Waals surface area contributed by atoms with E-state index in [1.54, 1.807) is 0 Å². The first-order valence-corrected chi connectivity index (χ1v) is 12.7. The summed E-state index contributed by atoms with van der Waals surface area (Å²) in [5.41, 5.74) is 3.25. The highest BCUT2D eigenvalue weighted by Crippen LogP contribution is 2.24. The molecule has 212 valence electrons. The van der Waals surface area contributed by atoms with Crippen LogP contribution in [0.15, 0.2) is 42.6 Å². The predicted octanol–water partition coefficient (Wildman–Crippen LogP) is -0.00400. The highest BCUT2D eigenvalue weighted by Gasteiger charge is 2.31. The maximum Gasteiger partial charge on any atom is 0.286 e. The maximum absolute atomic E-state index is 11.6. The number of nitrogens with one attached hydrogen (secondary N) is 1. The lowest BCUT2D eigenvalue weighted by Crippen LogP contribution is -2.46. The molecule has 2 heterocycles. The Morgan fingerprint density at radius 3 is 1.97 bits per heavy atom. The first kappa shape index (κ1) is 33.7. The number of aromatic nitrogens is 1. The number of benzene rings is 1. The second-order valence-corrected chi connectivity index (χ2v) is 9.50. The van der Waals surface area contributed by atoms with Gasteiger partial charge in [-0.2, -0.15) is 0 Å². The van der Waals surface area contributed by atoms with Crippen LogP contribution >= 0.6 is 24.2 Å². The number of aliphatic hydroxyl groups excluding tert-OH is 6. The van der Waals surface area contributed by atoms with Crippen molar-refractivity contribution >= 4 is 35.3 Å². The van der Waals surface area contributed by atoms with Crippen molar-refractivity contribution < 1.29 is 45.0 Å². The van der Waals surface area contributed by atoms with Gasteiger partial charge in [0.2, 0.25) is 5.91 Å². The number of amides is 2. The Morgan fingerprint density at radius 1 is 0.947 bits per heavy atom. The molecule has 1 aromatic heterocycles. The third-order valence-electron chi connectivity index (χ3n) is 5.55. The number of thioether (sulfide) groups is 1. The van der Waals surface area contributed by atoms with E-state index in [4.69, 9.17) is 35.4 Å². The monoisotopic (exact) mass is 574 g/mol. The Bertz CT molecular complexity index is 968. The molecule has 0 aliphatic carbocycles. The molecule has 7 N–H and O–H groups in total. The maximum atomic E-state index is 11.6. The molecule has 0 saturated carbocycles. The summed E-state index contributed by atoms with van der Waals surface area (Å²) in [6.45, 7) is 1.22. The van der Waals surface area contributed by atoms with Gasteiger partial charge in [-0.25, -0.2) is 0 Å². The van der Waals surface area contributed by atoms with Crippen molar-refractivity contribution in [1.29, 1.82) is 0 Å². The molecule has 0 radical (unpaired) electrons. The largest absolute Gasteiger partial charge is 0.493 e. The second kappa shape index (κ2) is 17.3. The molecular weight excluding hydrogens is 540 g/mol. The average Bonchev–Trinajstić information content (AvgIpc) is 3.24. The number of nitrogens with zero attached hydrogens (tertiary/aromatic N) is 1. The lowest BCUT2D eigenvalue weighted by atomic mass is 10.0. The number of rotatable bonds is 12. The number of imide groups is 1. The summed E-state index contributed by atoms with van der Waals surface area (Å²) < 4.78 is 5.75. The number of carbonyl (C=O) groups excluding carboxylic acids is 2. The summed E-state index contributed by atoms with van der Waals surface area (Å²) in [5.74, 6) is 0.574. The van der Waals surface area contributed by atoms with Crippen molar-refractivity contribution in [3.63, 3.8) is 0 Å². The fourth-order valence-electron chi connectivity index (χ4n) is 3.22. The first-order chi connectivity index (χ1) is 17.7. The van der Waals surface area contributed by atoms with Gasteiger partial charge in [-0.15, -0.1) is 12.4 Å². The summed E-state index contributed by atoms with van der Waals surface area (Å²) in [4.78, 5) is 27.2. The summed E-state index contributed by atoms with van der Waals surface area (Å²) in [6, 6.07) is 11.8. The zero-order valence-corrected chi connectivity index (χ0v) is 22.5. The van der Waals surface area contributed by atoms with Crippen LogP contribution in [0.1, 0.15) is 23.7 Å². The molecule has 13 heteroatoms. The standard InChI is InChI=1S/C19H20N2O3S.C6H14O6.ClH/c1-2-13-3-6-15(20-12-13)9-10-24-16-7-4-14(5-8-16)11-17-18(22)21-19(23)25-17;7-1-3(9)5(11)6(12)4(10)2-8;/h3-8,12,17H,2,9-11H2,1H3,(H,21,22,23);3-12H,1-2H2;1H/t;3-,4-,5-,6-;/m.1./s1. The molecule has 1 aliphatic rings. The zero-order valence-electron chi connectivity index (χ0n) is 20.8. The van der Waals surface area contributed by atoms with Crippen LogP contribution in [0.5, 0.6) is 5.75 Å². The molecule has 2 aromatic rings. The van der Waals surface area contributed by atoms with Crippen molar-refractivity contribution in [2.45, 2.75) is 55.9 Å². The zero-order chi connectivity index (χ0) is 27.4. The highest BCUT2D eigenvalue weighted by molar-refractivity contribution is 8.15. The number of aliphatic hydroxyl groups is 6. The van der Waals surface area contributed by atoms with Crippen LogP contribution in [0.25, 0.3) is 0 Å². The quantitative estimate of drug-likeness (QED) is 0.180. The molecule has 1 saturated heterocycles. The van der Waals surface area contributed by atoms with E-state index in [1.807, 2.05) is 36.5 Å². The second-order valence-electron chi connectivity index (χ2n) is 8.32. The molecule has 1 aromatic carbocycles. The Balaban J connectivity index is 0.000000475. The summed E-state index contributed by atoms with van der Waals surface area (Å²) in [7, 11) is 0. The first-order valence-electron chi connectivity index (χ1n) is 11.8. The van der Waals surface area contributed by atoms with Gasteiger partial charge in [0.15, 0.2) is 0 Å². The molecule has 2 amide bonds. The molecule has 0 spiro atoms. The van der Waals surface area contributed by atoms with Gasteiger partial charge in [0, 0.05) is 18.3 Å². The number of aryl methyl sites for hydroxylation is 1. The smallest absolute Gasteiger partial charge is 0.286 e. The number of ether oxygens (including phenoxy) is 1. The van der Waals surface area contributed by atoms with E-state index in [9.17, 15) is 9.59 Å². The van der Waals surface area contributed by atoms with Crippen LogP contribution in [0, 0.1) is 0 Å². The molecule has 3 rings (SSSR count). The normalized spacial score (nSPS) is 17.8. The van der Waals surface area contributed by atoms with Crippen molar-refractivity contribution in [2.75, 3.05) is 19.8 Å². The number of pyridine rings is 1. The minimum Gasteiger partial charge on any atom is -0.493 e. The minimum absolute atomic E-state index is 0. The van der Waals surface area contributed by atoms with Gasteiger partial charge in [0.05, 0.1) is 25.1 Å². The summed E-state index contributed by atoms with van der Waals surface area (Å²) in [5, 5.41) is 53.9. The van der Waals surface area contributed by atoms with Crippen molar-refractivity contribution in [3.8, 4) is 5.75 Å². The molecule has 0 bridgehead atoms. The third-order valence-corrected chi connectivity index (χ3v) is 6.53. The van der Waals surface area contributed by atoms with Crippen LogP contribution in [-0.2, 0) is 24.1 Å². The van der Waals surface area contributed by atoms with Crippen molar-refractivity contribution in [2.24, 2.45) is 0 Å². The van der Waals surface area contributed by atoms with Gasteiger partial charge in [-0.3, -0.25) is 19.9 Å². The number of halogens is 1. The predicted molar refractivity (Wildman–Crippen MR) is 143 cm³/mol. The van der Waals surface area contributed by atoms with Crippen LogP contribution in [0.2, 0.25) is 0 Å². The van der Waals surface area contributed by atoms with E-state index >= 15 is 0 Å². The van der Waals surface area contributed by atoms with Gasteiger partial charge in [-0.1, -0.05) is 36.9 Å². The molecule has 5 atom stereocenters. The highest BCUT2D eigenvalue weighted by atomic mass is 35.5. The molecule has 38 heavy (non-hydrogen) atoms. The SMILES string of the molecule is CCc1ccc(CCOc2ccc(CC3SC(=O)NC3=O)cc2)nc1.Cl.OC[C@@H](O)[C@@H](O)[C@H](O)[C@H](O)CO. The van der Waals surface area contributed by atoms with E-state index in [0.29, 0.717) is 13.0 Å². The van der Waals surface area contributed by atoms with E-state index in [-0.39, 0.29) is 28.8 Å². The molecule has 1 fully saturated rings. The molecule has 1 unspecified atom stereocenters. The van der Waals surface area contributed by atoms with E-state index in [0.717, 1.165) is 41.6 Å². The fourth-order valence-corrected chi connectivity index (χ4v) is 4.08. The van der Waals surface area contributed by atoms with E-state index in [2.05, 4.69) is 23.3 Å². The Morgan fingerprint density at radius 2 is 1.53 bits per heavy atom. The number of carbonyl (C=O) groups is 2. The number of hydrogen-bond donors (Lipinski definition) is 7. The van der Waals surface area contributed by atoms with Crippen LogP contribution < -0.4 is 10.1 Å². The Labute approximate surface area is 231 Å². The summed E-state index contributed by atoms with van der Waals surface area (Å²) >= 11 is 1.05. The van der Waals surface area contributed by atoms with Gasteiger partial charge in [-0.05, 0) is 42.2 Å². The third kappa shape index (κ3) is 10.8. The van der Waals surface area contributed by atoms with E-state index in [1.165, 1.54) is 5.56 Å². The van der Waals surface area contributed by atoms with Crippen LogP contribution in [-0.4, -0.2) is 96.3 Å². The molecular formula is C25H35ClN2O9S. The molecule has 11 nitrogen and oxygen atoms in total. The minimum atomic E-state index is -1.67. The van der Waals surface area contributed by atoms with Crippen LogP contribution in [0.4, 0.5) is 4.79 Å². The van der Waals surface area contributed by atoms with Gasteiger partial charge in [0.25, 0.3) is 5.24 Å². The lowest BCUT2D eigenvalue weighted by molar-refractivity contribution is -0.123. The van der Waals surface area contributed by atoms with E-state index < -0.39 is 37.6 Å². The van der Waals surface area contributed by atoms with Crippen LogP contribution in [0.3, 0.4) is 0 Å². The van der Waals surface area contributed by atoms with Crippen molar-refractivity contribution in [1.82, 2.24) is 10.3 Å². The van der Waals surface area contributed by atoms with Gasteiger partial charge >= 0.3 is 0 Å². The van der Waals surface area contributed by atoms with Gasteiger partial charge < -0.3 is 35.4 Å². The summed E-state index contributed by atoms with van der Waals surface area (Å²) in [6.07, 6.45) is -2.20. The lowest BCUT2D eigenvalue weighted by Gasteiger charge is -2.24. The number of hydrogen-bond acceptors (Lipinski definition) is 11. The topological polar surface area (TPSA) is 190 Å².